The van der Waals surface area contributed by atoms with Crippen molar-refractivity contribution in [1.82, 2.24) is 0 Å². The third-order valence-corrected chi connectivity index (χ3v) is 5.75. The van der Waals surface area contributed by atoms with Gasteiger partial charge in [-0.15, -0.1) is 0 Å². The fourth-order valence-electron chi connectivity index (χ4n) is 3.28. The zero-order valence-electron chi connectivity index (χ0n) is 14.4. The molecule has 7 nitrogen and oxygen atoms in total. The molecule has 0 aromatic heterocycles. The normalized spacial score (nSPS) is 32.9. The van der Waals surface area contributed by atoms with Crippen LogP contribution in [-0.4, -0.2) is 41.5 Å². The second-order valence-corrected chi connectivity index (χ2v) is 7.51. The van der Waals surface area contributed by atoms with Gasteiger partial charge in [0.15, 0.2) is 6.29 Å². The highest BCUT2D eigenvalue weighted by molar-refractivity contribution is 7.99. The van der Waals surface area contributed by atoms with Crippen LogP contribution in [0.1, 0.15) is 11.9 Å². The summed E-state index contributed by atoms with van der Waals surface area (Å²) in [6.45, 7) is 0.292. The Kier molecular flexibility index (Phi) is 5.63. The van der Waals surface area contributed by atoms with E-state index in [1.54, 1.807) is 0 Å². The van der Waals surface area contributed by atoms with Gasteiger partial charge in [0.25, 0.3) is 0 Å². The molecule has 0 aliphatic carbocycles. The summed E-state index contributed by atoms with van der Waals surface area (Å²) in [6.07, 6.45) is -2.59. The molecular weight excluding hydrogens is 366 g/mol. The molecule has 0 spiro atoms. The van der Waals surface area contributed by atoms with Crippen LogP contribution in [-0.2, 0) is 14.2 Å². The van der Waals surface area contributed by atoms with Crippen LogP contribution in [0.2, 0.25) is 0 Å². The number of aliphatic hydroxyl groups excluding tert-OH is 1. The molecule has 2 aromatic rings. The molecule has 1 N–H and O–H groups in total. The zero-order chi connectivity index (χ0) is 18.6. The molecular formula is C19H19N3O4S. The number of thioether (sulfide) groups is 1. The van der Waals surface area contributed by atoms with E-state index < -0.39 is 36.1 Å². The molecule has 8 heteroatoms. The predicted octanol–water partition coefficient (Wildman–Crippen LogP) is 3.66. The maximum Gasteiger partial charge on any atom is 0.184 e. The van der Waals surface area contributed by atoms with Crippen molar-refractivity contribution in [3.05, 3.63) is 76.7 Å². The van der Waals surface area contributed by atoms with Gasteiger partial charge in [-0.3, -0.25) is 0 Å². The molecule has 0 bridgehead atoms. The van der Waals surface area contributed by atoms with Gasteiger partial charge in [0.1, 0.15) is 23.7 Å². The number of hydrogen-bond donors (Lipinski definition) is 1. The van der Waals surface area contributed by atoms with E-state index >= 15 is 0 Å². The van der Waals surface area contributed by atoms with E-state index in [0.717, 1.165) is 10.5 Å². The van der Waals surface area contributed by atoms with Crippen molar-refractivity contribution in [2.24, 2.45) is 5.11 Å². The van der Waals surface area contributed by atoms with Gasteiger partial charge >= 0.3 is 0 Å². The van der Waals surface area contributed by atoms with Gasteiger partial charge in [0, 0.05) is 15.4 Å². The SMILES string of the molecule is [N-]=[N+]=N[C@@H]1C(O)[C@H](Sc2ccccc2)OC2COC(c3ccccc3)O[C@@H]21. The third kappa shape index (κ3) is 3.96. The smallest absolute Gasteiger partial charge is 0.184 e. The van der Waals surface area contributed by atoms with E-state index in [0.29, 0.717) is 6.61 Å². The van der Waals surface area contributed by atoms with Gasteiger partial charge in [-0.05, 0) is 17.7 Å². The highest BCUT2D eigenvalue weighted by atomic mass is 32.2. The molecule has 140 valence electrons. The molecule has 2 fully saturated rings. The Hall–Kier alpha value is -2.06. The fourth-order valence-corrected chi connectivity index (χ4v) is 4.36. The molecule has 27 heavy (non-hydrogen) atoms. The first kappa shape index (κ1) is 18.3. The fraction of sp³-hybridized carbons (Fsp3) is 0.368. The first-order valence-corrected chi connectivity index (χ1v) is 9.55. The van der Waals surface area contributed by atoms with Crippen molar-refractivity contribution < 1.29 is 19.3 Å². The molecule has 2 aliphatic rings. The maximum atomic E-state index is 10.8. The Balaban J connectivity index is 1.54. The van der Waals surface area contributed by atoms with Gasteiger partial charge in [-0.1, -0.05) is 65.4 Å². The average Bonchev–Trinajstić information content (AvgIpc) is 2.72. The molecule has 2 heterocycles. The highest BCUT2D eigenvalue weighted by Gasteiger charge is 2.49. The van der Waals surface area contributed by atoms with Crippen molar-refractivity contribution in [2.75, 3.05) is 6.61 Å². The minimum atomic E-state index is -0.998. The van der Waals surface area contributed by atoms with Crippen LogP contribution in [0.15, 0.2) is 70.7 Å². The van der Waals surface area contributed by atoms with Crippen molar-refractivity contribution in [2.45, 2.75) is 41.0 Å². The molecule has 4 rings (SSSR count). The maximum absolute atomic E-state index is 10.8. The number of aliphatic hydroxyl groups is 1. The number of benzene rings is 2. The monoisotopic (exact) mass is 385 g/mol. The molecule has 0 saturated carbocycles. The van der Waals surface area contributed by atoms with Crippen LogP contribution in [0.5, 0.6) is 0 Å². The number of nitrogens with zero attached hydrogens (tertiary/aromatic N) is 3. The van der Waals surface area contributed by atoms with Crippen LogP contribution in [0.4, 0.5) is 0 Å². The topological polar surface area (TPSA) is 96.7 Å². The zero-order valence-corrected chi connectivity index (χ0v) is 15.2. The summed E-state index contributed by atoms with van der Waals surface area (Å²) in [4.78, 5) is 3.88. The summed E-state index contributed by atoms with van der Waals surface area (Å²) < 4.78 is 17.9. The van der Waals surface area contributed by atoms with Crippen LogP contribution in [0, 0.1) is 0 Å². The minimum Gasteiger partial charge on any atom is -0.389 e. The number of rotatable bonds is 4. The number of azide groups is 1. The summed E-state index contributed by atoms with van der Waals surface area (Å²) in [5.41, 5.74) is 9.29. The van der Waals surface area contributed by atoms with Gasteiger partial charge in [0.2, 0.25) is 0 Å². The second kappa shape index (κ2) is 8.31. The summed E-state index contributed by atoms with van der Waals surface area (Å²) in [5, 5.41) is 14.6. The molecule has 2 saturated heterocycles. The highest BCUT2D eigenvalue weighted by Crippen LogP contribution is 2.39. The van der Waals surface area contributed by atoms with Crippen LogP contribution < -0.4 is 0 Å². The first-order chi connectivity index (χ1) is 13.3. The van der Waals surface area contributed by atoms with E-state index in [1.165, 1.54) is 11.8 Å². The van der Waals surface area contributed by atoms with Crippen molar-refractivity contribution in [3.8, 4) is 0 Å². The molecule has 2 aromatic carbocycles. The van der Waals surface area contributed by atoms with E-state index in [2.05, 4.69) is 10.0 Å². The van der Waals surface area contributed by atoms with Crippen molar-refractivity contribution >= 4 is 11.8 Å². The molecule has 3 unspecified atom stereocenters. The Morgan fingerprint density at radius 2 is 1.74 bits per heavy atom. The molecule has 6 atom stereocenters. The Bertz CT molecular complexity index is 803. The second-order valence-electron chi connectivity index (χ2n) is 6.34. The third-order valence-electron chi connectivity index (χ3n) is 4.59. The number of hydrogen-bond acceptors (Lipinski definition) is 6. The quantitative estimate of drug-likeness (QED) is 0.492. The van der Waals surface area contributed by atoms with E-state index in [1.807, 2.05) is 60.7 Å². The lowest BCUT2D eigenvalue weighted by molar-refractivity contribution is -0.297. The lowest BCUT2D eigenvalue weighted by Gasteiger charge is -2.46. The Morgan fingerprint density at radius 3 is 2.44 bits per heavy atom. The Morgan fingerprint density at radius 1 is 1.04 bits per heavy atom. The largest absolute Gasteiger partial charge is 0.389 e. The predicted molar refractivity (Wildman–Crippen MR) is 99.9 cm³/mol. The lowest BCUT2D eigenvalue weighted by atomic mass is 9.97. The number of fused-ring (bicyclic) bond motifs is 1. The molecule has 2 aliphatic heterocycles. The van der Waals surface area contributed by atoms with Crippen molar-refractivity contribution in [1.29, 1.82) is 0 Å². The van der Waals surface area contributed by atoms with Gasteiger partial charge in [-0.25, -0.2) is 0 Å². The summed E-state index contributed by atoms with van der Waals surface area (Å²) >= 11 is 1.39. The standard InChI is InChI=1S/C19H19N3O4S/c20-22-21-15-16(23)19(27-13-9-5-2-6-10-13)25-14-11-24-18(26-17(14)15)12-7-3-1-4-8-12/h1-10,14-19,23H,11H2/t14?,15-,16?,17+,18?,19+/m1/s1. The molecule has 0 radical (unpaired) electrons. The summed E-state index contributed by atoms with van der Waals surface area (Å²) in [6, 6.07) is 18.4. The van der Waals surface area contributed by atoms with E-state index in [9.17, 15) is 5.11 Å². The van der Waals surface area contributed by atoms with Crippen molar-refractivity contribution in [3.63, 3.8) is 0 Å². The summed E-state index contributed by atoms with van der Waals surface area (Å²) in [5.74, 6) is 0. The lowest BCUT2D eigenvalue weighted by Crippen LogP contribution is -2.60. The molecule has 0 amide bonds. The first-order valence-electron chi connectivity index (χ1n) is 8.68. The van der Waals surface area contributed by atoms with E-state index in [4.69, 9.17) is 19.7 Å². The van der Waals surface area contributed by atoms with Crippen LogP contribution in [0.25, 0.3) is 10.4 Å². The van der Waals surface area contributed by atoms with E-state index in [-0.39, 0.29) is 0 Å². The minimum absolute atomic E-state index is 0.292. The number of ether oxygens (including phenoxy) is 3. The van der Waals surface area contributed by atoms with Gasteiger partial charge < -0.3 is 19.3 Å². The Labute approximate surface area is 160 Å². The van der Waals surface area contributed by atoms with Gasteiger partial charge in [0.05, 0.1) is 12.6 Å². The van der Waals surface area contributed by atoms with Crippen LogP contribution >= 0.6 is 11.8 Å². The van der Waals surface area contributed by atoms with Crippen LogP contribution in [0.3, 0.4) is 0 Å². The van der Waals surface area contributed by atoms with Gasteiger partial charge in [-0.2, -0.15) is 0 Å². The average molecular weight is 385 g/mol. The summed E-state index contributed by atoms with van der Waals surface area (Å²) in [7, 11) is 0.